The summed E-state index contributed by atoms with van der Waals surface area (Å²) >= 11 is 0. The van der Waals surface area contributed by atoms with Gasteiger partial charge in [-0.05, 0) is 18.3 Å². The average Bonchev–Trinajstić information content (AvgIpc) is 2.52. The predicted molar refractivity (Wildman–Crippen MR) is 92.0 cm³/mol. The van der Waals surface area contributed by atoms with Gasteiger partial charge in [0, 0.05) is 38.1 Å². The molecule has 0 aromatic rings. The summed E-state index contributed by atoms with van der Waals surface area (Å²) in [6.45, 7) is 11.9. The Bertz CT molecular complexity index is 416. The van der Waals surface area contributed by atoms with Gasteiger partial charge in [-0.15, -0.1) is 0 Å². The molecule has 0 spiro atoms. The number of hydrogen-bond donors (Lipinski definition) is 1. The summed E-state index contributed by atoms with van der Waals surface area (Å²) in [5.41, 5.74) is 0. The summed E-state index contributed by atoms with van der Waals surface area (Å²) < 4.78 is 0. The number of piperazine rings is 1. The van der Waals surface area contributed by atoms with Crippen molar-refractivity contribution in [2.45, 2.75) is 53.0 Å². The molecule has 2 fully saturated rings. The molecule has 2 rings (SSSR count). The highest BCUT2D eigenvalue weighted by Gasteiger charge is 2.29. The van der Waals surface area contributed by atoms with E-state index in [4.69, 9.17) is 0 Å². The first-order chi connectivity index (χ1) is 10.9. The minimum Gasteiger partial charge on any atom is -0.352 e. The van der Waals surface area contributed by atoms with Gasteiger partial charge in [0.25, 0.3) is 0 Å². The Hall–Kier alpha value is -1.10. The van der Waals surface area contributed by atoms with E-state index in [1.165, 1.54) is 12.8 Å². The second kappa shape index (κ2) is 8.13. The smallest absolute Gasteiger partial charge is 0.234 e. The number of carbonyl (C=O) groups excluding carboxylic acids is 2. The van der Waals surface area contributed by atoms with Gasteiger partial charge in [0.05, 0.1) is 6.54 Å². The molecule has 2 aliphatic rings. The molecule has 1 N–H and O–H groups in total. The number of carbonyl (C=O) groups is 2. The third-order valence-electron chi connectivity index (χ3n) is 5.60. The molecule has 0 bridgehead atoms. The van der Waals surface area contributed by atoms with Gasteiger partial charge >= 0.3 is 0 Å². The van der Waals surface area contributed by atoms with Crippen molar-refractivity contribution < 1.29 is 9.59 Å². The maximum atomic E-state index is 12.3. The molecule has 3 atom stereocenters. The van der Waals surface area contributed by atoms with Crippen LogP contribution in [0.1, 0.15) is 47.0 Å². The molecular formula is C18H33N3O2. The van der Waals surface area contributed by atoms with E-state index >= 15 is 0 Å². The van der Waals surface area contributed by atoms with Crippen molar-refractivity contribution >= 4 is 11.8 Å². The van der Waals surface area contributed by atoms with E-state index in [-0.39, 0.29) is 17.7 Å². The van der Waals surface area contributed by atoms with Crippen molar-refractivity contribution in [2.75, 3.05) is 32.7 Å². The topological polar surface area (TPSA) is 52.7 Å². The first-order valence-electron chi connectivity index (χ1n) is 9.19. The first kappa shape index (κ1) is 18.2. The lowest BCUT2D eigenvalue weighted by Gasteiger charge is -2.37. The van der Waals surface area contributed by atoms with E-state index < -0.39 is 0 Å². The maximum Gasteiger partial charge on any atom is 0.234 e. The van der Waals surface area contributed by atoms with Gasteiger partial charge in [-0.2, -0.15) is 0 Å². The zero-order chi connectivity index (χ0) is 17.0. The first-order valence-corrected chi connectivity index (χ1v) is 9.19. The van der Waals surface area contributed by atoms with Crippen LogP contribution in [0.15, 0.2) is 0 Å². The van der Waals surface area contributed by atoms with E-state index in [0.717, 1.165) is 32.6 Å². The standard InChI is InChI=1S/C18H33N3O2/c1-13(2)18(23)21-10-8-20(9-11-21)12-17(22)19-16-7-5-6-14(3)15(16)4/h13-16H,5-12H2,1-4H3,(H,19,22). The van der Waals surface area contributed by atoms with Gasteiger partial charge < -0.3 is 10.2 Å². The van der Waals surface area contributed by atoms with Crippen LogP contribution < -0.4 is 5.32 Å². The van der Waals surface area contributed by atoms with Crippen LogP contribution in [0.2, 0.25) is 0 Å². The molecule has 1 saturated heterocycles. The summed E-state index contributed by atoms with van der Waals surface area (Å²) in [4.78, 5) is 28.4. The lowest BCUT2D eigenvalue weighted by molar-refractivity contribution is -0.136. The van der Waals surface area contributed by atoms with Gasteiger partial charge in [-0.25, -0.2) is 0 Å². The van der Waals surface area contributed by atoms with Crippen LogP contribution in [0, 0.1) is 17.8 Å². The molecule has 2 amide bonds. The zero-order valence-electron chi connectivity index (χ0n) is 15.2. The number of rotatable bonds is 4. The summed E-state index contributed by atoms with van der Waals surface area (Å²) in [7, 11) is 0. The molecular weight excluding hydrogens is 290 g/mol. The van der Waals surface area contributed by atoms with Crippen LogP contribution in [0.3, 0.4) is 0 Å². The Morgan fingerprint density at radius 3 is 2.35 bits per heavy atom. The van der Waals surface area contributed by atoms with Crippen LogP contribution in [-0.4, -0.2) is 60.4 Å². The Balaban J connectivity index is 1.73. The van der Waals surface area contributed by atoms with E-state index in [1.807, 2.05) is 18.7 Å². The van der Waals surface area contributed by atoms with E-state index in [2.05, 4.69) is 24.1 Å². The summed E-state index contributed by atoms with van der Waals surface area (Å²) in [5.74, 6) is 1.67. The van der Waals surface area contributed by atoms with Crippen LogP contribution in [-0.2, 0) is 9.59 Å². The van der Waals surface area contributed by atoms with Crippen LogP contribution in [0.25, 0.3) is 0 Å². The largest absolute Gasteiger partial charge is 0.352 e. The summed E-state index contributed by atoms with van der Waals surface area (Å²) in [5, 5.41) is 3.24. The van der Waals surface area contributed by atoms with Crippen LogP contribution >= 0.6 is 0 Å². The van der Waals surface area contributed by atoms with Gasteiger partial charge in [-0.3, -0.25) is 14.5 Å². The second-order valence-electron chi connectivity index (χ2n) is 7.70. The minimum atomic E-state index is 0.0552. The van der Waals surface area contributed by atoms with E-state index in [1.54, 1.807) is 0 Å². The van der Waals surface area contributed by atoms with Gasteiger partial charge in [0.2, 0.25) is 11.8 Å². The van der Waals surface area contributed by atoms with Crippen molar-refractivity contribution in [3.63, 3.8) is 0 Å². The monoisotopic (exact) mass is 323 g/mol. The second-order valence-corrected chi connectivity index (χ2v) is 7.70. The van der Waals surface area contributed by atoms with Gasteiger partial charge in [0.15, 0.2) is 0 Å². The molecule has 1 saturated carbocycles. The quantitative estimate of drug-likeness (QED) is 0.857. The van der Waals surface area contributed by atoms with Crippen LogP contribution in [0.5, 0.6) is 0 Å². The molecule has 5 nitrogen and oxygen atoms in total. The summed E-state index contributed by atoms with van der Waals surface area (Å²) in [6, 6.07) is 0.329. The predicted octanol–water partition coefficient (Wildman–Crippen LogP) is 1.73. The van der Waals surface area contributed by atoms with Crippen LogP contribution in [0.4, 0.5) is 0 Å². The molecule has 0 aromatic heterocycles. The van der Waals surface area contributed by atoms with Crippen molar-refractivity contribution in [2.24, 2.45) is 17.8 Å². The Labute approximate surface area is 140 Å². The van der Waals surface area contributed by atoms with Gasteiger partial charge in [-0.1, -0.05) is 40.5 Å². The fourth-order valence-corrected chi connectivity index (χ4v) is 3.73. The molecule has 0 aromatic carbocycles. The third kappa shape index (κ3) is 4.93. The minimum absolute atomic E-state index is 0.0552. The normalized spacial score (nSPS) is 29.6. The van der Waals surface area contributed by atoms with Gasteiger partial charge in [0.1, 0.15) is 0 Å². The highest BCUT2D eigenvalue weighted by molar-refractivity contribution is 5.79. The van der Waals surface area contributed by atoms with E-state index in [9.17, 15) is 9.59 Å². The fourth-order valence-electron chi connectivity index (χ4n) is 3.73. The van der Waals surface area contributed by atoms with Crippen molar-refractivity contribution in [1.29, 1.82) is 0 Å². The van der Waals surface area contributed by atoms with Crippen molar-refractivity contribution in [3.05, 3.63) is 0 Å². The van der Waals surface area contributed by atoms with Crippen molar-refractivity contribution in [3.8, 4) is 0 Å². The molecule has 0 radical (unpaired) electrons. The molecule has 1 aliphatic carbocycles. The maximum absolute atomic E-state index is 12.3. The molecule has 5 heteroatoms. The number of hydrogen-bond acceptors (Lipinski definition) is 3. The molecule has 23 heavy (non-hydrogen) atoms. The molecule has 3 unspecified atom stereocenters. The lowest BCUT2D eigenvalue weighted by atomic mass is 9.78. The zero-order valence-corrected chi connectivity index (χ0v) is 15.2. The molecule has 1 heterocycles. The SMILES string of the molecule is CC(C)C(=O)N1CCN(CC(=O)NC2CCCC(C)C2C)CC1. The Kier molecular flexibility index (Phi) is 6.45. The highest BCUT2D eigenvalue weighted by Crippen LogP contribution is 2.29. The number of amides is 2. The van der Waals surface area contributed by atoms with E-state index in [0.29, 0.717) is 24.4 Å². The fraction of sp³-hybridized carbons (Fsp3) is 0.889. The lowest BCUT2D eigenvalue weighted by Crippen LogP contribution is -2.53. The molecule has 1 aliphatic heterocycles. The Morgan fingerprint density at radius 2 is 1.74 bits per heavy atom. The number of nitrogens with one attached hydrogen (secondary N) is 1. The number of nitrogens with zero attached hydrogens (tertiary/aromatic N) is 2. The summed E-state index contributed by atoms with van der Waals surface area (Å²) in [6.07, 6.45) is 3.60. The van der Waals surface area contributed by atoms with Crippen molar-refractivity contribution in [1.82, 2.24) is 15.1 Å². The Morgan fingerprint density at radius 1 is 1.09 bits per heavy atom. The highest BCUT2D eigenvalue weighted by atomic mass is 16.2. The third-order valence-corrected chi connectivity index (χ3v) is 5.60. The molecule has 132 valence electrons. The average molecular weight is 323 g/mol.